The highest BCUT2D eigenvalue weighted by atomic mass is 32.2. The van der Waals surface area contributed by atoms with Crippen molar-refractivity contribution < 1.29 is 22.6 Å². The molecule has 0 radical (unpaired) electrons. The van der Waals surface area contributed by atoms with Crippen LogP contribution >= 0.6 is 0 Å². The van der Waals surface area contributed by atoms with Gasteiger partial charge in [0.2, 0.25) is 5.88 Å². The minimum absolute atomic E-state index is 0.00528. The third kappa shape index (κ3) is 5.04. The quantitative estimate of drug-likeness (QED) is 0.387. The maximum atomic E-state index is 12.9. The number of aryl methyl sites for hydroxylation is 1. The van der Waals surface area contributed by atoms with E-state index in [2.05, 4.69) is 20.0 Å². The highest BCUT2D eigenvalue weighted by molar-refractivity contribution is 7.92. The molecular formula is C24H25N5O5S. The van der Waals surface area contributed by atoms with E-state index < -0.39 is 10.0 Å². The Morgan fingerprint density at radius 2 is 1.57 bits per heavy atom. The summed E-state index contributed by atoms with van der Waals surface area (Å²) in [5, 5.41) is 12.8. The van der Waals surface area contributed by atoms with Gasteiger partial charge in [0.25, 0.3) is 10.0 Å². The molecule has 2 aromatic carbocycles. The Bertz CT molecular complexity index is 1450. The first-order valence-electron chi connectivity index (χ1n) is 10.6. The van der Waals surface area contributed by atoms with Gasteiger partial charge in [-0.3, -0.25) is 4.72 Å². The van der Waals surface area contributed by atoms with Gasteiger partial charge < -0.3 is 14.2 Å². The second-order valence-corrected chi connectivity index (χ2v) is 9.34. The Morgan fingerprint density at radius 3 is 2.14 bits per heavy atom. The first kappa shape index (κ1) is 24.0. The fraction of sp³-hybridized carbons (Fsp3) is 0.208. The number of aromatic nitrogens is 4. The van der Waals surface area contributed by atoms with Gasteiger partial charge in [0.1, 0.15) is 22.1 Å². The Kier molecular flexibility index (Phi) is 6.61. The second kappa shape index (κ2) is 9.63. The van der Waals surface area contributed by atoms with Crippen molar-refractivity contribution in [2.75, 3.05) is 18.9 Å². The molecule has 0 fully saturated rings. The van der Waals surface area contributed by atoms with E-state index in [1.807, 2.05) is 20.8 Å². The Morgan fingerprint density at radius 1 is 0.857 bits per heavy atom. The second-order valence-electron chi connectivity index (χ2n) is 7.69. The highest BCUT2D eigenvalue weighted by Crippen LogP contribution is 2.30. The molecule has 0 bridgehead atoms. The zero-order chi connectivity index (χ0) is 25.2. The zero-order valence-electron chi connectivity index (χ0n) is 19.9. The summed E-state index contributed by atoms with van der Waals surface area (Å²) in [5.41, 5.74) is 3.39. The molecule has 4 aromatic rings. The lowest BCUT2D eigenvalue weighted by Crippen LogP contribution is -2.14. The molecular weight excluding hydrogens is 470 g/mol. The molecule has 0 aliphatic rings. The van der Waals surface area contributed by atoms with E-state index in [1.165, 1.54) is 26.4 Å². The molecule has 0 aliphatic carbocycles. The summed E-state index contributed by atoms with van der Waals surface area (Å²) in [7, 11) is -1.00. The van der Waals surface area contributed by atoms with Crippen molar-refractivity contribution in [1.29, 1.82) is 0 Å². The van der Waals surface area contributed by atoms with Gasteiger partial charge in [-0.2, -0.15) is 5.10 Å². The van der Waals surface area contributed by atoms with Crippen LogP contribution in [0.4, 0.5) is 5.69 Å². The standard InChI is InChI=1S/C24H25N5O5S/c1-15-16(2)27-29(17(15)3)23-12-13-24(26-25-23)34-19-8-6-18(7-9-19)28-35(30,31)22-11-10-20(32-4)14-21(22)33-5/h6-14,28H,1-5H3. The van der Waals surface area contributed by atoms with Crippen LogP contribution in [0.2, 0.25) is 0 Å². The van der Waals surface area contributed by atoms with E-state index in [9.17, 15) is 8.42 Å². The first-order valence-corrected chi connectivity index (χ1v) is 12.1. The van der Waals surface area contributed by atoms with Crippen molar-refractivity contribution in [2.24, 2.45) is 0 Å². The number of hydrogen-bond acceptors (Lipinski definition) is 8. The maximum Gasteiger partial charge on any atom is 0.265 e. The minimum atomic E-state index is -3.89. The Hall–Kier alpha value is -4.12. The average molecular weight is 496 g/mol. The fourth-order valence-corrected chi connectivity index (χ4v) is 4.55. The van der Waals surface area contributed by atoms with Crippen LogP contribution in [-0.2, 0) is 10.0 Å². The highest BCUT2D eigenvalue weighted by Gasteiger charge is 2.20. The van der Waals surface area contributed by atoms with Crippen LogP contribution < -0.4 is 18.9 Å². The number of nitrogens with one attached hydrogen (secondary N) is 1. The summed E-state index contributed by atoms with van der Waals surface area (Å²) in [4.78, 5) is -0.00528. The third-order valence-corrected chi connectivity index (χ3v) is 6.91. The molecule has 0 unspecified atom stereocenters. The molecule has 0 saturated carbocycles. The maximum absolute atomic E-state index is 12.9. The van der Waals surface area contributed by atoms with Crippen LogP contribution in [0.1, 0.15) is 17.0 Å². The van der Waals surface area contributed by atoms with E-state index in [-0.39, 0.29) is 10.6 Å². The van der Waals surface area contributed by atoms with Gasteiger partial charge >= 0.3 is 0 Å². The van der Waals surface area contributed by atoms with Crippen LogP contribution in [0, 0.1) is 20.8 Å². The summed E-state index contributed by atoms with van der Waals surface area (Å²) < 4.78 is 46.1. The van der Waals surface area contributed by atoms with E-state index >= 15 is 0 Å². The average Bonchev–Trinajstić information content (AvgIpc) is 3.12. The molecule has 0 spiro atoms. The zero-order valence-corrected chi connectivity index (χ0v) is 20.8. The number of benzene rings is 2. The van der Waals surface area contributed by atoms with Crippen LogP contribution in [0.25, 0.3) is 5.82 Å². The third-order valence-electron chi connectivity index (χ3n) is 5.49. The van der Waals surface area contributed by atoms with Crippen LogP contribution in [0.5, 0.6) is 23.1 Å². The molecule has 0 amide bonds. The monoisotopic (exact) mass is 495 g/mol. The lowest BCUT2D eigenvalue weighted by molar-refractivity contribution is 0.386. The number of anilines is 1. The van der Waals surface area contributed by atoms with Gasteiger partial charge in [-0.05, 0) is 68.8 Å². The van der Waals surface area contributed by atoms with Gasteiger partial charge in [-0.15, -0.1) is 10.2 Å². The van der Waals surface area contributed by atoms with Crippen molar-refractivity contribution in [1.82, 2.24) is 20.0 Å². The van der Waals surface area contributed by atoms with Gasteiger partial charge in [0, 0.05) is 23.5 Å². The number of nitrogens with zero attached hydrogens (tertiary/aromatic N) is 4. The van der Waals surface area contributed by atoms with E-state index in [4.69, 9.17) is 14.2 Å². The molecule has 2 heterocycles. The molecule has 35 heavy (non-hydrogen) atoms. The lowest BCUT2D eigenvalue weighted by atomic mass is 10.2. The fourth-order valence-electron chi connectivity index (χ4n) is 3.34. The predicted octanol–water partition coefficient (Wildman–Crippen LogP) is 4.20. The molecule has 0 saturated heterocycles. The van der Waals surface area contributed by atoms with Crippen LogP contribution in [-0.4, -0.2) is 42.6 Å². The summed E-state index contributed by atoms with van der Waals surface area (Å²) >= 11 is 0. The Balaban J connectivity index is 1.46. The SMILES string of the molecule is COc1ccc(S(=O)(=O)Nc2ccc(Oc3ccc(-n4nc(C)c(C)c4C)nn3)cc2)c(OC)c1. The molecule has 1 N–H and O–H groups in total. The van der Waals surface area contributed by atoms with E-state index in [1.54, 1.807) is 47.1 Å². The topological polar surface area (TPSA) is 117 Å². The molecule has 0 atom stereocenters. The molecule has 11 heteroatoms. The molecule has 182 valence electrons. The summed E-state index contributed by atoms with van der Waals surface area (Å²) in [6.45, 7) is 5.93. The molecule has 4 rings (SSSR count). The van der Waals surface area contributed by atoms with Gasteiger partial charge in [-0.25, -0.2) is 13.1 Å². The summed E-state index contributed by atoms with van der Waals surface area (Å²) in [6.07, 6.45) is 0. The molecule has 10 nitrogen and oxygen atoms in total. The number of sulfonamides is 1. The first-order chi connectivity index (χ1) is 16.7. The van der Waals surface area contributed by atoms with E-state index in [0.717, 1.165) is 17.0 Å². The summed E-state index contributed by atoms with van der Waals surface area (Å²) in [6, 6.07) is 14.4. The van der Waals surface area contributed by atoms with Gasteiger partial charge in [0.05, 0.1) is 19.9 Å². The Labute approximate surface area is 203 Å². The number of ether oxygens (including phenoxy) is 3. The van der Waals surface area contributed by atoms with Crippen molar-refractivity contribution in [3.63, 3.8) is 0 Å². The smallest absolute Gasteiger partial charge is 0.265 e. The molecule has 0 aliphatic heterocycles. The van der Waals surface area contributed by atoms with Gasteiger partial charge in [-0.1, -0.05) is 0 Å². The molecule has 2 aromatic heterocycles. The van der Waals surface area contributed by atoms with Gasteiger partial charge in [0.15, 0.2) is 5.82 Å². The predicted molar refractivity (Wildman–Crippen MR) is 130 cm³/mol. The normalized spacial score (nSPS) is 11.2. The van der Waals surface area contributed by atoms with Crippen molar-refractivity contribution in [3.8, 4) is 28.9 Å². The van der Waals surface area contributed by atoms with Crippen molar-refractivity contribution >= 4 is 15.7 Å². The lowest BCUT2D eigenvalue weighted by Gasteiger charge is -2.13. The van der Waals surface area contributed by atoms with Crippen LogP contribution in [0.3, 0.4) is 0 Å². The van der Waals surface area contributed by atoms with Crippen LogP contribution in [0.15, 0.2) is 59.5 Å². The number of rotatable bonds is 8. The summed E-state index contributed by atoms with van der Waals surface area (Å²) in [5.74, 6) is 2.02. The number of hydrogen-bond donors (Lipinski definition) is 1. The largest absolute Gasteiger partial charge is 0.497 e. The van der Waals surface area contributed by atoms with E-state index in [0.29, 0.717) is 28.9 Å². The minimum Gasteiger partial charge on any atom is -0.497 e. The van der Waals surface area contributed by atoms with Crippen molar-refractivity contribution in [3.05, 3.63) is 71.5 Å². The van der Waals surface area contributed by atoms with Crippen molar-refractivity contribution in [2.45, 2.75) is 25.7 Å². The number of methoxy groups -OCH3 is 2.